The van der Waals surface area contributed by atoms with Crippen LogP contribution in [0, 0.1) is 5.82 Å². The van der Waals surface area contributed by atoms with Gasteiger partial charge in [0.05, 0.1) is 7.11 Å². The lowest BCUT2D eigenvalue weighted by Gasteiger charge is -2.12. The van der Waals surface area contributed by atoms with Crippen LogP contribution in [0.15, 0.2) is 54.6 Å². The molecule has 1 atom stereocenters. The van der Waals surface area contributed by atoms with Crippen molar-refractivity contribution in [1.82, 2.24) is 10.6 Å². The van der Waals surface area contributed by atoms with Gasteiger partial charge in [0, 0.05) is 12.6 Å². The van der Waals surface area contributed by atoms with Crippen molar-refractivity contribution in [2.24, 2.45) is 0 Å². The number of methoxy groups -OCH3 is 1. The third kappa shape index (κ3) is 7.10. The maximum Gasteiger partial charge on any atom is 0.331 e. The summed E-state index contributed by atoms with van der Waals surface area (Å²) in [6, 6.07) is 12.6. The zero-order chi connectivity index (χ0) is 21.2. The molecule has 2 aromatic rings. The van der Waals surface area contributed by atoms with Crippen LogP contribution in [-0.2, 0) is 20.9 Å². The van der Waals surface area contributed by atoms with Crippen LogP contribution in [0.4, 0.5) is 9.18 Å². The fourth-order valence-electron chi connectivity index (χ4n) is 2.25. The van der Waals surface area contributed by atoms with E-state index in [9.17, 15) is 18.8 Å². The lowest BCUT2D eigenvalue weighted by atomic mass is 10.2. The summed E-state index contributed by atoms with van der Waals surface area (Å²) in [6.07, 6.45) is 1.20. The van der Waals surface area contributed by atoms with E-state index in [1.807, 2.05) is 30.3 Å². The summed E-state index contributed by atoms with van der Waals surface area (Å²) in [7, 11) is 1.35. The molecule has 3 amide bonds. The van der Waals surface area contributed by atoms with Crippen molar-refractivity contribution >= 4 is 24.0 Å². The van der Waals surface area contributed by atoms with Crippen LogP contribution in [0.3, 0.4) is 0 Å². The maximum absolute atomic E-state index is 13.6. The van der Waals surface area contributed by atoms with Crippen LogP contribution in [-0.4, -0.2) is 31.1 Å². The first-order valence-electron chi connectivity index (χ1n) is 8.74. The molecule has 2 rings (SSSR count). The van der Waals surface area contributed by atoms with Gasteiger partial charge in [-0.2, -0.15) is 0 Å². The quantitative estimate of drug-likeness (QED) is 0.551. The minimum Gasteiger partial charge on any atom is -0.494 e. The van der Waals surface area contributed by atoms with Crippen molar-refractivity contribution in [2.75, 3.05) is 7.11 Å². The van der Waals surface area contributed by atoms with E-state index in [-0.39, 0.29) is 12.3 Å². The van der Waals surface area contributed by atoms with Crippen molar-refractivity contribution in [3.8, 4) is 5.75 Å². The molecule has 0 saturated carbocycles. The van der Waals surface area contributed by atoms with E-state index in [2.05, 4.69) is 10.6 Å². The third-order valence-corrected chi connectivity index (χ3v) is 3.78. The number of halogens is 1. The van der Waals surface area contributed by atoms with Gasteiger partial charge >= 0.3 is 12.0 Å². The Balaban J connectivity index is 1.79. The fourth-order valence-corrected chi connectivity index (χ4v) is 2.25. The summed E-state index contributed by atoms with van der Waals surface area (Å²) in [6.45, 7) is 1.58. The Kier molecular flexibility index (Phi) is 7.90. The Morgan fingerprint density at radius 1 is 1.14 bits per heavy atom. The van der Waals surface area contributed by atoms with Crippen molar-refractivity contribution < 1.29 is 28.2 Å². The second-order valence-corrected chi connectivity index (χ2v) is 5.96. The standard InChI is InChI=1S/C21H21FN2O5/c1-14(20(26)24-21(27)23-13-16-6-4-3-5-7-16)29-19(25)11-9-15-8-10-18(28-2)17(22)12-15/h3-12,14H,13H2,1-2H3,(H2,23,24,26,27)/b11-9+/t14-/m0/s1. The predicted octanol–water partition coefficient (Wildman–Crippen LogP) is 2.81. The predicted molar refractivity (Wildman–Crippen MR) is 104 cm³/mol. The summed E-state index contributed by atoms with van der Waals surface area (Å²) in [5.41, 5.74) is 1.28. The SMILES string of the molecule is COc1ccc(/C=C/C(=O)O[C@@H](C)C(=O)NC(=O)NCc2ccccc2)cc1F. The number of carbonyl (C=O) groups is 3. The average Bonchev–Trinajstić information content (AvgIpc) is 2.71. The minimum atomic E-state index is -1.19. The number of urea groups is 1. The van der Waals surface area contributed by atoms with Gasteiger partial charge in [-0.3, -0.25) is 10.1 Å². The largest absolute Gasteiger partial charge is 0.494 e. The Morgan fingerprint density at radius 3 is 2.52 bits per heavy atom. The van der Waals surface area contributed by atoms with Gasteiger partial charge in [0.2, 0.25) is 0 Å². The second kappa shape index (κ2) is 10.6. The highest BCUT2D eigenvalue weighted by molar-refractivity contribution is 5.98. The molecular formula is C21H21FN2O5. The first-order chi connectivity index (χ1) is 13.9. The number of ether oxygens (including phenoxy) is 2. The molecule has 7 nitrogen and oxygen atoms in total. The molecule has 0 aromatic heterocycles. The van der Waals surface area contributed by atoms with E-state index in [1.54, 1.807) is 6.07 Å². The van der Waals surface area contributed by atoms with Gasteiger partial charge in [-0.25, -0.2) is 14.0 Å². The normalized spacial score (nSPS) is 11.6. The fraction of sp³-hybridized carbons (Fsp3) is 0.190. The molecule has 8 heteroatoms. The topological polar surface area (TPSA) is 93.7 Å². The van der Waals surface area contributed by atoms with Gasteiger partial charge in [-0.1, -0.05) is 36.4 Å². The lowest BCUT2D eigenvalue weighted by Crippen LogP contribution is -2.44. The highest BCUT2D eigenvalue weighted by Crippen LogP contribution is 2.18. The highest BCUT2D eigenvalue weighted by atomic mass is 19.1. The Labute approximate surface area is 167 Å². The molecule has 0 heterocycles. The summed E-state index contributed by atoms with van der Waals surface area (Å²) in [5, 5.41) is 4.62. The highest BCUT2D eigenvalue weighted by Gasteiger charge is 2.18. The monoisotopic (exact) mass is 400 g/mol. The molecule has 0 fully saturated rings. The second-order valence-electron chi connectivity index (χ2n) is 5.96. The molecule has 152 valence electrons. The summed E-state index contributed by atoms with van der Waals surface area (Å²) < 4.78 is 23.4. The number of carbonyl (C=O) groups excluding carboxylic acids is 3. The van der Waals surface area contributed by atoms with Crippen molar-refractivity contribution in [3.05, 3.63) is 71.6 Å². The van der Waals surface area contributed by atoms with E-state index in [4.69, 9.17) is 9.47 Å². The van der Waals surface area contributed by atoms with Gasteiger partial charge in [-0.15, -0.1) is 0 Å². The number of rotatable bonds is 7. The van der Waals surface area contributed by atoms with Gasteiger partial charge in [0.1, 0.15) is 0 Å². The van der Waals surface area contributed by atoms with E-state index in [0.717, 1.165) is 11.6 Å². The first kappa shape index (κ1) is 21.6. The van der Waals surface area contributed by atoms with Crippen LogP contribution in [0.1, 0.15) is 18.1 Å². The molecule has 0 radical (unpaired) electrons. The maximum atomic E-state index is 13.6. The Morgan fingerprint density at radius 2 is 1.86 bits per heavy atom. The number of esters is 1. The number of imide groups is 1. The van der Waals surface area contributed by atoms with Crippen LogP contribution in [0.2, 0.25) is 0 Å². The van der Waals surface area contributed by atoms with E-state index in [0.29, 0.717) is 5.56 Å². The van der Waals surface area contributed by atoms with E-state index in [1.165, 1.54) is 32.2 Å². The van der Waals surface area contributed by atoms with Crippen LogP contribution >= 0.6 is 0 Å². The minimum absolute atomic E-state index is 0.0839. The summed E-state index contributed by atoms with van der Waals surface area (Å²) in [5.74, 6) is -2.07. The van der Waals surface area contributed by atoms with E-state index < -0.39 is 29.8 Å². The molecule has 2 N–H and O–H groups in total. The van der Waals surface area contributed by atoms with Gasteiger partial charge < -0.3 is 14.8 Å². The molecule has 0 spiro atoms. The van der Waals surface area contributed by atoms with Crippen molar-refractivity contribution in [1.29, 1.82) is 0 Å². The third-order valence-electron chi connectivity index (χ3n) is 3.78. The number of nitrogens with one attached hydrogen (secondary N) is 2. The van der Waals surface area contributed by atoms with Crippen LogP contribution < -0.4 is 15.4 Å². The summed E-state index contributed by atoms with van der Waals surface area (Å²) in [4.78, 5) is 35.5. The van der Waals surface area contributed by atoms with Gasteiger partial charge in [-0.05, 0) is 36.3 Å². The summed E-state index contributed by atoms with van der Waals surface area (Å²) >= 11 is 0. The zero-order valence-corrected chi connectivity index (χ0v) is 16.0. The number of benzene rings is 2. The molecule has 2 aromatic carbocycles. The molecule has 29 heavy (non-hydrogen) atoms. The lowest BCUT2D eigenvalue weighted by molar-refractivity contribution is -0.149. The van der Waals surface area contributed by atoms with Crippen molar-refractivity contribution in [3.63, 3.8) is 0 Å². The molecule has 0 saturated heterocycles. The smallest absolute Gasteiger partial charge is 0.331 e. The molecule has 0 aliphatic rings. The molecule has 0 bridgehead atoms. The number of amides is 3. The van der Waals surface area contributed by atoms with Crippen LogP contribution in [0.25, 0.3) is 6.08 Å². The average molecular weight is 400 g/mol. The molecule has 0 unspecified atom stereocenters. The number of hydrogen-bond acceptors (Lipinski definition) is 5. The van der Waals surface area contributed by atoms with Gasteiger partial charge in [0.15, 0.2) is 17.7 Å². The van der Waals surface area contributed by atoms with E-state index >= 15 is 0 Å². The number of hydrogen-bond donors (Lipinski definition) is 2. The zero-order valence-electron chi connectivity index (χ0n) is 16.0. The molecular weight excluding hydrogens is 379 g/mol. The molecule has 0 aliphatic heterocycles. The van der Waals surface area contributed by atoms with Gasteiger partial charge in [0.25, 0.3) is 5.91 Å². The first-order valence-corrected chi connectivity index (χ1v) is 8.74. The Bertz CT molecular complexity index is 899. The van der Waals surface area contributed by atoms with Crippen LogP contribution in [0.5, 0.6) is 5.75 Å². The van der Waals surface area contributed by atoms with Crippen molar-refractivity contribution in [2.45, 2.75) is 19.6 Å². The Hall–Kier alpha value is -3.68. The molecule has 0 aliphatic carbocycles.